The molecule has 0 aliphatic carbocycles. The number of ether oxygens (including phenoxy) is 1. The van der Waals surface area contributed by atoms with Crippen molar-refractivity contribution in [3.05, 3.63) is 54.4 Å². The molecule has 0 radical (unpaired) electrons. The molecule has 1 aromatic carbocycles. The van der Waals surface area contributed by atoms with Gasteiger partial charge in [0, 0.05) is 30.8 Å². The molecule has 3 aromatic rings. The van der Waals surface area contributed by atoms with Crippen molar-refractivity contribution in [2.24, 2.45) is 0 Å². The molecule has 2 heterocycles. The van der Waals surface area contributed by atoms with Crippen LogP contribution in [0.3, 0.4) is 0 Å². The maximum atomic E-state index is 13.7. The fourth-order valence-electron chi connectivity index (χ4n) is 2.54. The zero-order valence-corrected chi connectivity index (χ0v) is 17.3. The summed E-state index contributed by atoms with van der Waals surface area (Å²) < 4.78 is 24.0. The van der Waals surface area contributed by atoms with Crippen LogP contribution in [0.4, 0.5) is 20.6 Å². The number of carbonyl (C=O) groups excluding carboxylic acids is 2. The van der Waals surface area contributed by atoms with Crippen LogP contribution in [-0.2, 0) is 16.0 Å². The third-order valence-corrected chi connectivity index (χ3v) is 3.85. The van der Waals surface area contributed by atoms with Gasteiger partial charge in [0.2, 0.25) is 17.6 Å². The minimum absolute atomic E-state index is 0.0110. The summed E-state index contributed by atoms with van der Waals surface area (Å²) in [6.45, 7) is 5.16. The molecular formula is C21H22FN5O4. The quantitative estimate of drug-likeness (QED) is 0.605. The normalized spacial score (nSPS) is 11.1. The average molecular weight is 427 g/mol. The van der Waals surface area contributed by atoms with Gasteiger partial charge in [-0.3, -0.25) is 15.1 Å². The van der Waals surface area contributed by atoms with E-state index in [1.165, 1.54) is 12.1 Å². The summed E-state index contributed by atoms with van der Waals surface area (Å²) in [5, 5.41) is 8.95. The second kappa shape index (κ2) is 9.33. The molecule has 0 saturated heterocycles. The first-order valence-corrected chi connectivity index (χ1v) is 9.52. The lowest BCUT2D eigenvalue weighted by Gasteiger charge is -2.20. The number of rotatable bonds is 6. The van der Waals surface area contributed by atoms with E-state index in [0.717, 1.165) is 6.07 Å². The largest absolute Gasteiger partial charge is 0.444 e. The van der Waals surface area contributed by atoms with Gasteiger partial charge in [-0.25, -0.2) is 9.18 Å². The Morgan fingerprint density at radius 3 is 2.68 bits per heavy atom. The summed E-state index contributed by atoms with van der Waals surface area (Å²) in [5.74, 6) is -0.333. The third kappa shape index (κ3) is 6.59. The Morgan fingerprint density at radius 2 is 1.97 bits per heavy atom. The van der Waals surface area contributed by atoms with E-state index in [-0.39, 0.29) is 30.1 Å². The zero-order valence-electron chi connectivity index (χ0n) is 17.3. The highest BCUT2D eigenvalue weighted by Gasteiger charge is 2.18. The van der Waals surface area contributed by atoms with E-state index in [0.29, 0.717) is 11.4 Å². The molecule has 0 saturated carbocycles. The molecule has 2 aromatic heterocycles. The summed E-state index contributed by atoms with van der Waals surface area (Å²) in [7, 11) is 0. The van der Waals surface area contributed by atoms with E-state index in [9.17, 15) is 14.0 Å². The molecule has 0 bridgehead atoms. The van der Waals surface area contributed by atoms with Gasteiger partial charge in [-0.2, -0.15) is 4.98 Å². The Hall–Kier alpha value is -3.82. The highest BCUT2D eigenvalue weighted by Crippen LogP contribution is 2.24. The van der Waals surface area contributed by atoms with Crippen LogP contribution in [-0.4, -0.2) is 32.7 Å². The van der Waals surface area contributed by atoms with Crippen LogP contribution in [0.5, 0.6) is 0 Å². The molecule has 9 nitrogen and oxygen atoms in total. The summed E-state index contributed by atoms with van der Waals surface area (Å²) in [5.41, 5.74) is 0.310. The molecule has 2 amide bonds. The van der Waals surface area contributed by atoms with Crippen molar-refractivity contribution in [1.82, 2.24) is 15.1 Å². The first-order chi connectivity index (χ1) is 14.7. The number of amides is 2. The van der Waals surface area contributed by atoms with E-state index in [2.05, 4.69) is 25.8 Å². The maximum Gasteiger partial charge on any atom is 0.412 e. The molecule has 162 valence electrons. The molecular weight excluding hydrogens is 405 g/mol. The van der Waals surface area contributed by atoms with Crippen LogP contribution in [0.25, 0.3) is 11.4 Å². The van der Waals surface area contributed by atoms with E-state index >= 15 is 0 Å². The second-order valence-electron chi connectivity index (χ2n) is 7.62. The molecule has 0 aliphatic rings. The van der Waals surface area contributed by atoms with Gasteiger partial charge in [0.25, 0.3) is 0 Å². The standard InChI is InChI=1S/C21H22FN5O4/c1-21(2,3)30-20(29)25-15-7-6-14(22)11-16(15)24-17(28)8-9-18-26-19(27-31-18)13-5-4-10-23-12-13/h4-7,10-12H,8-9H2,1-3H3,(H,24,28)(H,25,29). The third-order valence-electron chi connectivity index (χ3n) is 3.85. The first-order valence-electron chi connectivity index (χ1n) is 9.52. The minimum Gasteiger partial charge on any atom is -0.444 e. The number of anilines is 2. The fourth-order valence-corrected chi connectivity index (χ4v) is 2.54. The second-order valence-corrected chi connectivity index (χ2v) is 7.62. The Bertz CT molecular complexity index is 1060. The lowest BCUT2D eigenvalue weighted by atomic mass is 10.2. The Kier molecular flexibility index (Phi) is 6.58. The number of nitrogens with zero attached hydrogens (tertiary/aromatic N) is 3. The molecule has 3 rings (SSSR count). The minimum atomic E-state index is -0.719. The van der Waals surface area contributed by atoms with Gasteiger partial charge in [0.05, 0.1) is 11.4 Å². The van der Waals surface area contributed by atoms with Gasteiger partial charge in [0.1, 0.15) is 11.4 Å². The van der Waals surface area contributed by atoms with Crippen LogP contribution in [0.2, 0.25) is 0 Å². The van der Waals surface area contributed by atoms with E-state index in [1.807, 2.05) is 0 Å². The highest BCUT2D eigenvalue weighted by molar-refractivity contribution is 5.97. The van der Waals surface area contributed by atoms with Gasteiger partial charge >= 0.3 is 6.09 Å². The SMILES string of the molecule is CC(C)(C)OC(=O)Nc1ccc(F)cc1NC(=O)CCc1nc(-c2cccnc2)no1. The number of carbonyl (C=O) groups is 2. The number of benzene rings is 1. The van der Waals surface area contributed by atoms with Gasteiger partial charge < -0.3 is 14.6 Å². The molecule has 0 unspecified atom stereocenters. The number of pyridine rings is 1. The number of hydrogen-bond donors (Lipinski definition) is 2. The summed E-state index contributed by atoms with van der Waals surface area (Å²) in [6.07, 6.45) is 2.71. The maximum absolute atomic E-state index is 13.7. The van der Waals surface area contributed by atoms with E-state index in [1.54, 1.807) is 45.3 Å². The van der Waals surface area contributed by atoms with Gasteiger partial charge in [0.15, 0.2) is 0 Å². The fraction of sp³-hybridized carbons (Fsp3) is 0.286. The van der Waals surface area contributed by atoms with Crippen LogP contribution >= 0.6 is 0 Å². The van der Waals surface area contributed by atoms with Crippen molar-refractivity contribution in [3.8, 4) is 11.4 Å². The Labute approximate surface area is 178 Å². The average Bonchev–Trinajstić information content (AvgIpc) is 3.17. The number of hydrogen-bond acceptors (Lipinski definition) is 7. The van der Waals surface area contributed by atoms with E-state index in [4.69, 9.17) is 9.26 Å². The number of halogens is 1. The molecule has 0 fully saturated rings. The molecule has 0 spiro atoms. The predicted octanol–water partition coefficient (Wildman–Crippen LogP) is 4.19. The molecule has 31 heavy (non-hydrogen) atoms. The highest BCUT2D eigenvalue weighted by atomic mass is 19.1. The van der Waals surface area contributed by atoms with Crippen molar-refractivity contribution in [2.45, 2.75) is 39.2 Å². The van der Waals surface area contributed by atoms with Crippen LogP contribution in [0, 0.1) is 5.82 Å². The van der Waals surface area contributed by atoms with Gasteiger partial charge in [-0.15, -0.1) is 0 Å². The topological polar surface area (TPSA) is 119 Å². The van der Waals surface area contributed by atoms with E-state index < -0.39 is 23.4 Å². The lowest BCUT2D eigenvalue weighted by molar-refractivity contribution is -0.116. The van der Waals surface area contributed by atoms with Crippen LogP contribution < -0.4 is 10.6 Å². The van der Waals surface area contributed by atoms with Crippen LogP contribution in [0.15, 0.2) is 47.2 Å². The van der Waals surface area contributed by atoms with Crippen LogP contribution in [0.1, 0.15) is 33.1 Å². The summed E-state index contributed by atoms with van der Waals surface area (Å²) in [6, 6.07) is 7.16. The number of nitrogens with one attached hydrogen (secondary N) is 2. The van der Waals surface area contributed by atoms with Crippen molar-refractivity contribution in [2.75, 3.05) is 10.6 Å². The molecule has 2 N–H and O–H groups in total. The number of aryl methyl sites for hydroxylation is 1. The lowest BCUT2D eigenvalue weighted by Crippen LogP contribution is -2.27. The Balaban J connectivity index is 1.61. The first kappa shape index (κ1) is 21.9. The van der Waals surface area contributed by atoms with Crippen molar-refractivity contribution >= 4 is 23.4 Å². The van der Waals surface area contributed by atoms with Gasteiger partial charge in [-0.05, 0) is 51.1 Å². The monoisotopic (exact) mass is 427 g/mol. The van der Waals surface area contributed by atoms with Crippen molar-refractivity contribution in [3.63, 3.8) is 0 Å². The predicted molar refractivity (Wildman–Crippen MR) is 111 cm³/mol. The number of aromatic nitrogens is 3. The zero-order chi connectivity index (χ0) is 22.4. The summed E-state index contributed by atoms with van der Waals surface area (Å²) in [4.78, 5) is 32.6. The smallest absolute Gasteiger partial charge is 0.412 e. The Morgan fingerprint density at radius 1 is 1.16 bits per heavy atom. The molecule has 10 heteroatoms. The van der Waals surface area contributed by atoms with Crippen molar-refractivity contribution < 1.29 is 23.2 Å². The summed E-state index contributed by atoms with van der Waals surface area (Å²) >= 11 is 0. The van der Waals surface area contributed by atoms with Gasteiger partial charge in [-0.1, -0.05) is 5.16 Å². The molecule has 0 aliphatic heterocycles. The molecule has 0 atom stereocenters. The van der Waals surface area contributed by atoms with Crippen molar-refractivity contribution in [1.29, 1.82) is 0 Å².